The molecule has 0 amide bonds. The zero-order chi connectivity index (χ0) is 0. The van der Waals surface area contributed by atoms with Gasteiger partial charge in [0.1, 0.15) is 0 Å². The first-order valence-corrected chi connectivity index (χ1v) is 0. The van der Waals surface area contributed by atoms with Crippen molar-refractivity contribution in [2.45, 2.75) is 0 Å². The third kappa shape index (κ3) is 39.5. The summed E-state index contributed by atoms with van der Waals surface area (Å²) in [6.45, 7) is 0. The number of rotatable bonds is 0. The molecule has 0 aliphatic carbocycles. The summed E-state index contributed by atoms with van der Waals surface area (Å²) in [7, 11) is 0. The minimum atomic E-state index is 0. The van der Waals surface area contributed by atoms with Crippen LogP contribution >= 0.6 is 0 Å². The first-order valence-electron chi connectivity index (χ1n) is 0. The molecular weight excluding hydrogens is 888 g/mol. The van der Waals surface area contributed by atoms with Crippen LogP contribution in [0.25, 0.3) is 0 Å². The van der Waals surface area contributed by atoms with E-state index in [4.69, 9.17) is 0 Å². The van der Waals surface area contributed by atoms with Gasteiger partial charge in [0.2, 0.25) is 0 Å². The summed E-state index contributed by atoms with van der Waals surface area (Å²) in [6, 6.07) is 0. The van der Waals surface area contributed by atoms with Gasteiger partial charge in [-0.1, -0.05) is 0 Å². The predicted octanol–water partition coefficient (Wildman–Crippen LogP) is -9.94. The summed E-state index contributed by atoms with van der Waals surface area (Å²) >= 11 is 0. The van der Waals surface area contributed by atoms with Crippen molar-refractivity contribution >= 4 is 122 Å². The van der Waals surface area contributed by atoms with E-state index in [2.05, 4.69) is 0 Å². The third-order valence-corrected chi connectivity index (χ3v) is 0. The molecule has 0 aliphatic rings. The quantitative estimate of drug-likeness (QED) is 0.212. The Morgan fingerprint density at radius 1 is 0.250 bits per heavy atom. The molecule has 0 aromatic rings. The van der Waals surface area contributed by atoms with E-state index in [1.165, 1.54) is 0 Å². The van der Waals surface area contributed by atoms with Gasteiger partial charge >= 0.3 is 189 Å². The van der Waals surface area contributed by atoms with Crippen LogP contribution in [0.15, 0.2) is 0 Å². The molecule has 0 nitrogen and oxygen atoms in total. The van der Waals surface area contributed by atoms with Crippen molar-refractivity contribution in [1.82, 2.24) is 0 Å². The molecule has 0 saturated heterocycles. The van der Waals surface area contributed by atoms with E-state index in [1.807, 2.05) is 0 Å². The maximum absolute atomic E-state index is 0. The predicted molar refractivity (Wildman–Crippen MR) is 70.6 cm³/mol. The monoisotopic (exact) mass is 913 g/mol. The summed E-state index contributed by atoms with van der Waals surface area (Å²) in [5.41, 5.74) is 0. The van der Waals surface area contributed by atoms with Gasteiger partial charge < -0.3 is 0 Å². The molecule has 0 aromatic heterocycles. The minimum absolute atomic E-state index is 0. The van der Waals surface area contributed by atoms with E-state index in [9.17, 15) is 0 Å². The molecule has 0 atom stereocenters. The summed E-state index contributed by atoms with van der Waals surface area (Å²) in [4.78, 5) is 0. The van der Waals surface area contributed by atoms with Crippen molar-refractivity contribution in [3.8, 4) is 0 Å². The van der Waals surface area contributed by atoms with Crippen molar-refractivity contribution in [3.63, 3.8) is 0 Å². The van der Waals surface area contributed by atoms with Gasteiger partial charge in [-0.3, -0.25) is 0 Å². The van der Waals surface area contributed by atoms with Gasteiger partial charge in [-0.25, -0.2) is 0 Å². The fraction of sp³-hybridized carbons (Fsp3) is 0. The van der Waals surface area contributed by atoms with E-state index < -0.39 is 0 Å². The van der Waals surface area contributed by atoms with E-state index >= 15 is 0 Å². The molecule has 0 radical (unpaired) electrons. The summed E-state index contributed by atoms with van der Waals surface area (Å²) in [6.07, 6.45) is 0. The van der Waals surface area contributed by atoms with Crippen LogP contribution in [0.5, 0.6) is 0 Å². The van der Waals surface area contributed by atoms with E-state index in [1.54, 1.807) is 0 Å². The van der Waals surface area contributed by atoms with Gasteiger partial charge in [0.05, 0.1) is 0 Å². The molecule has 0 aliphatic heterocycles. The van der Waals surface area contributed by atoms with Gasteiger partial charge in [-0.05, 0) is 0 Å². The second-order valence-corrected chi connectivity index (χ2v) is 0. The fourth-order valence-corrected chi connectivity index (χ4v) is 0. The second-order valence-electron chi connectivity index (χ2n) is 0. The Kier molecular flexibility index (Phi) is 403. The molecule has 0 heterocycles. The van der Waals surface area contributed by atoms with E-state index in [-0.39, 0.29) is 189 Å². The average Bonchev–Trinajstić information content (AvgIpc) is 0. The standard InChI is InChI=1S/3Nb.5Sb.30H/q3*+5;5*-3;;;;;;;;;;;;;;;;;;;;;;;;;;;;;;. The van der Waals surface area contributed by atoms with Crippen LogP contribution in [0, 0.1) is 0 Å². The molecular formula is H30Nb3Sb5. The molecule has 0 fully saturated rings. The van der Waals surface area contributed by atoms with Gasteiger partial charge in [0.15, 0.2) is 0 Å². The summed E-state index contributed by atoms with van der Waals surface area (Å²) in [5.74, 6) is 0. The molecule has 0 N–H and O–H groups in total. The molecule has 0 saturated carbocycles. The zero-order valence-corrected chi connectivity index (χ0v) is 7.94. The molecule has 8 heavy (non-hydrogen) atoms. The van der Waals surface area contributed by atoms with Crippen molar-refractivity contribution in [2.75, 3.05) is 0 Å². The van der Waals surface area contributed by atoms with Crippen molar-refractivity contribution < 1.29 is 67.1 Å². The molecule has 70 valence electrons. The van der Waals surface area contributed by atoms with Crippen LogP contribution < -0.4 is 0 Å². The Morgan fingerprint density at radius 2 is 0.250 bits per heavy atom. The van der Waals surface area contributed by atoms with Crippen LogP contribution in [0.2, 0.25) is 0 Å². The topological polar surface area (TPSA) is 0 Å². The Labute approximate surface area is 184 Å². The Balaban J connectivity index is 0. The Morgan fingerprint density at radius 3 is 0.250 bits per heavy atom. The normalized spacial score (nSPS) is 0. The fourth-order valence-electron chi connectivity index (χ4n) is 0. The van der Waals surface area contributed by atoms with Crippen molar-refractivity contribution in [1.29, 1.82) is 0 Å². The summed E-state index contributed by atoms with van der Waals surface area (Å²) < 4.78 is 0. The van der Waals surface area contributed by atoms with Gasteiger partial charge in [0.25, 0.3) is 0 Å². The molecule has 0 unspecified atom stereocenters. The van der Waals surface area contributed by atoms with Crippen LogP contribution in [0.1, 0.15) is 0 Å². The van der Waals surface area contributed by atoms with Gasteiger partial charge in [-0.2, -0.15) is 0 Å². The van der Waals surface area contributed by atoms with Crippen LogP contribution in [0.3, 0.4) is 0 Å². The van der Waals surface area contributed by atoms with E-state index in [0.29, 0.717) is 0 Å². The first-order chi connectivity index (χ1) is 0. The molecule has 0 rings (SSSR count). The maximum atomic E-state index is 0. The van der Waals surface area contributed by atoms with Crippen molar-refractivity contribution in [3.05, 3.63) is 0 Å². The second kappa shape index (κ2) is 50.6. The van der Waals surface area contributed by atoms with Crippen LogP contribution in [-0.4, -0.2) is 122 Å². The van der Waals surface area contributed by atoms with Gasteiger partial charge in [-0.15, -0.1) is 0 Å². The molecule has 8 heteroatoms. The molecule has 0 aromatic carbocycles. The number of hydrogen-bond donors (Lipinski definition) is 0. The SMILES string of the molecule is [Nb+5].[Nb+5].[Nb+5].[SbH6-3].[SbH6-3].[SbH6-3].[SbH6-3].[SbH6-3]. The van der Waals surface area contributed by atoms with Crippen LogP contribution in [0.4, 0.5) is 0 Å². The zero-order valence-electron chi connectivity index (χ0n) is 1.34. The van der Waals surface area contributed by atoms with Gasteiger partial charge in [0, 0.05) is 0 Å². The first kappa shape index (κ1) is 63.7. The Hall–Kier alpha value is 6.31. The number of hydrogen-bond acceptors (Lipinski definition) is 0. The average molecular weight is 918 g/mol. The summed E-state index contributed by atoms with van der Waals surface area (Å²) in [5, 5.41) is 0. The van der Waals surface area contributed by atoms with Crippen molar-refractivity contribution in [2.24, 2.45) is 0 Å². The molecule has 0 bridgehead atoms. The third-order valence-electron chi connectivity index (χ3n) is 0. The van der Waals surface area contributed by atoms with E-state index in [0.717, 1.165) is 0 Å². The van der Waals surface area contributed by atoms with Crippen LogP contribution in [-0.2, 0) is 67.1 Å². The molecule has 0 spiro atoms. The Bertz CT molecular complexity index is 7.64.